The molecule has 0 spiro atoms. The Kier molecular flexibility index (Phi) is 9.62. The van der Waals surface area contributed by atoms with Gasteiger partial charge in [-0.1, -0.05) is 53.5 Å². The first-order chi connectivity index (χ1) is 20.0. The lowest BCUT2D eigenvalue weighted by atomic mass is 10.1. The Morgan fingerprint density at radius 3 is 2.17 bits per heavy atom. The smallest absolute Gasteiger partial charge is 0.264 e. The standard InChI is InChI=1S/C30H24Cl2FN3O5S/c1-3-27(20-8-10-22(31)11-9-20)42(39,40)36-28(37)21-6-4-19(5-7-21)18(2)35-29(38)26-16-23(32)17-34-30(26)41-25-14-12-24(33)13-15-25/h3-18,27H,1H2,2H3,(H,35,38)(H,36,37)/t18-,27?/m0/s1. The minimum atomic E-state index is -4.16. The highest BCUT2D eigenvalue weighted by molar-refractivity contribution is 7.90. The highest BCUT2D eigenvalue weighted by Gasteiger charge is 2.27. The number of carbonyl (C=O) groups excluding carboxylic acids is 2. The number of rotatable bonds is 10. The van der Waals surface area contributed by atoms with Gasteiger partial charge in [0.25, 0.3) is 11.8 Å². The van der Waals surface area contributed by atoms with Crippen LogP contribution in [0.2, 0.25) is 10.0 Å². The van der Waals surface area contributed by atoms with E-state index in [0.29, 0.717) is 16.1 Å². The summed E-state index contributed by atoms with van der Waals surface area (Å²) in [5.74, 6) is -1.56. The molecule has 0 saturated carbocycles. The van der Waals surface area contributed by atoms with Crippen LogP contribution in [-0.4, -0.2) is 25.2 Å². The number of amides is 2. The molecule has 3 aromatic carbocycles. The van der Waals surface area contributed by atoms with Crippen molar-refractivity contribution in [2.45, 2.75) is 18.2 Å². The SMILES string of the molecule is C=CC(c1ccc(Cl)cc1)S(=O)(=O)NC(=O)c1ccc([C@H](C)NC(=O)c2cc(Cl)cnc2Oc2ccc(F)cc2)cc1. The molecular formula is C30H24Cl2FN3O5S. The normalized spacial score (nSPS) is 12.6. The molecule has 1 aromatic heterocycles. The van der Waals surface area contributed by atoms with E-state index in [4.69, 9.17) is 27.9 Å². The van der Waals surface area contributed by atoms with Crippen molar-refractivity contribution in [2.75, 3.05) is 0 Å². The zero-order chi connectivity index (χ0) is 30.4. The van der Waals surface area contributed by atoms with E-state index in [1.807, 2.05) is 0 Å². The Balaban J connectivity index is 1.44. The summed E-state index contributed by atoms with van der Waals surface area (Å²) in [6.45, 7) is 5.31. The van der Waals surface area contributed by atoms with E-state index in [1.54, 1.807) is 43.3 Å². The molecule has 1 unspecified atom stereocenters. The summed E-state index contributed by atoms with van der Waals surface area (Å²) < 4.78 is 46.8. The molecule has 8 nitrogen and oxygen atoms in total. The van der Waals surface area contributed by atoms with Gasteiger partial charge in [-0.3, -0.25) is 9.59 Å². The number of carbonyl (C=O) groups is 2. The Hall–Kier alpha value is -4.25. The summed E-state index contributed by atoms with van der Waals surface area (Å²) in [6, 6.07) is 18.3. The zero-order valence-electron chi connectivity index (χ0n) is 22.1. The van der Waals surface area contributed by atoms with Crippen molar-refractivity contribution in [1.29, 1.82) is 0 Å². The number of benzene rings is 3. The van der Waals surface area contributed by atoms with Crippen molar-refractivity contribution < 1.29 is 27.1 Å². The van der Waals surface area contributed by atoms with Crippen molar-refractivity contribution >= 4 is 45.0 Å². The molecule has 2 N–H and O–H groups in total. The number of sulfonamides is 1. The fourth-order valence-corrected chi connectivity index (χ4v) is 5.47. The number of hydrogen-bond donors (Lipinski definition) is 2. The Morgan fingerprint density at radius 1 is 0.929 bits per heavy atom. The molecular weight excluding hydrogens is 604 g/mol. The highest BCUT2D eigenvalue weighted by atomic mass is 35.5. The molecule has 1 heterocycles. The van der Waals surface area contributed by atoms with Crippen LogP contribution in [0, 0.1) is 5.82 Å². The first kappa shape index (κ1) is 30.7. The van der Waals surface area contributed by atoms with Crippen molar-refractivity contribution in [3.63, 3.8) is 0 Å². The van der Waals surface area contributed by atoms with Crippen LogP contribution >= 0.6 is 23.2 Å². The number of ether oxygens (including phenoxy) is 1. The van der Waals surface area contributed by atoms with Crippen LogP contribution in [0.15, 0.2) is 97.7 Å². The molecule has 42 heavy (non-hydrogen) atoms. The predicted molar refractivity (Wildman–Crippen MR) is 159 cm³/mol. The van der Waals surface area contributed by atoms with Gasteiger partial charge < -0.3 is 10.1 Å². The molecule has 0 bridgehead atoms. The van der Waals surface area contributed by atoms with Crippen LogP contribution in [0.25, 0.3) is 0 Å². The van der Waals surface area contributed by atoms with Crippen LogP contribution in [-0.2, 0) is 10.0 Å². The summed E-state index contributed by atoms with van der Waals surface area (Å²) in [6.07, 6.45) is 2.54. The second-order valence-electron chi connectivity index (χ2n) is 9.06. The number of nitrogens with one attached hydrogen (secondary N) is 2. The van der Waals surface area contributed by atoms with Gasteiger partial charge in [-0.25, -0.2) is 22.5 Å². The van der Waals surface area contributed by atoms with Crippen LogP contribution in [0.1, 0.15) is 50.1 Å². The van der Waals surface area contributed by atoms with Crippen molar-refractivity contribution in [2.24, 2.45) is 0 Å². The Bertz CT molecular complexity index is 1720. The van der Waals surface area contributed by atoms with Crippen LogP contribution < -0.4 is 14.8 Å². The maximum absolute atomic E-state index is 13.2. The summed E-state index contributed by atoms with van der Waals surface area (Å²) in [4.78, 5) is 30.0. The van der Waals surface area contributed by atoms with Crippen molar-refractivity contribution in [3.05, 3.63) is 136 Å². The van der Waals surface area contributed by atoms with Gasteiger partial charge in [-0.2, -0.15) is 0 Å². The molecule has 216 valence electrons. The van der Waals surface area contributed by atoms with Gasteiger partial charge in [0, 0.05) is 16.8 Å². The van der Waals surface area contributed by atoms with Gasteiger partial charge in [-0.15, -0.1) is 6.58 Å². The van der Waals surface area contributed by atoms with E-state index in [2.05, 4.69) is 21.6 Å². The summed E-state index contributed by atoms with van der Waals surface area (Å²) in [5.41, 5.74) is 1.17. The second-order valence-corrected chi connectivity index (χ2v) is 11.7. The predicted octanol–water partition coefficient (Wildman–Crippen LogP) is 6.80. The lowest BCUT2D eigenvalue weighted by molar-refractivity contribution is 0.0934. The molecule has 4 rings (SSSR count). The van der Waals surface area contributed by atoms with E-state index in [1.165, 1.54) is 54.7 Å². The van der Waals surface area contributed by atoms with Crippen LogP contribution in [0.4, 0.5) is 4.39 Å². The average Bonchev–Trinajstić information content (AvgIpc) is 2.96. The number of halogens is 3. The summed E-state index contributed by atoms with van der Waals surface area (Å²) in [5, 5.41) is 2.29. The van der Waals surface area contributed by atoms with E-state index < -0.39 is 38.9 Å². The third-order valence-electron chi connectivity index (χ3n) is 6.09. The molecule has 0 radical (unpaired) electrons. The number of aromatic nitrogens is 1. The van der Waals surface area contributed by atoms with E-state index in [0.717, 1.165) is 0 Å². The zero-order valence-corrected chi connectivity index (χ0v) is 24.4. The third kappa shape index (κ3) is 7.52. The third-order valence-corrected chi connectivity index (χ3v) is 8.15. The van der Waals surface area contributed by atoms with Gasteiger partial charge in [0.15, 0.2) is 0 Å². The quantitative estimate of drug-likeness (QED) is 0.187. The van der Waals surface area contributed by atoms with Crippen molar-refractivity contribution in [1.82, 2.24) is 15.0 Å². The van der Waals surface area contributed by atoms with Gasteiger partial charge >= 0.3 is 0 Å². The van der Waals surface area contributed by atoms with Crippen LogP contribution in [0.3, 0.4) is 0 Å². The fourth-order valence-electron chi connectivity index (χ4n) is 3.91. The van der Waals surface area contributed by atoms with Crippen molar-refractivity contribution in [3.8, 4) is 11.6 Å². The molecule has 2 atom stereocenters. The number of pyridine rings is 1. The maximum Gasteiger partial charge on any atom is 0.264 e. The van der Waals surface area contributed by atoms with Gasteiger partial charge in [-0.05, 0) is 72.6 Å². The van der Waals surface area contributed by atoms with Gasteiger partial charge in [0.05, 0.1) is 11.1 Å². The molecule has 0 aliphatic carbocycles. The van der Waals surface area contributed by atoms with Crippen LogP contribution in [0.5, 0.6) is 11.6 Å². The maximum atomic E-state index is 13.2. The summed E-state index contributed by atoms with van der Waals surface area (Å²) >= 11 is 11.9. The number of hydrogen-bond acceptors (Lipinski definition) is 6. The lowest BCUT2D eigenvalue weighted by Gasteiger charge is -2.17. The fraction of sp³-hybridized carbons (Fsp3) is 0.100. The highest BCUT2D eigenvalue weighted by Crippen LogP contribution is 2.27. The second kappa shape index (κ2) is 13.2. The largest absolute Gasteiger partial charge is 0.438 e. The molecule has 0 aliphatic rings. The van der Waals surface area contributed by atoms with Gasteiger partial charge in [0.2, 0.25) is 15.9 Å². The molecule has 0 fully saturated rings. The molecule has 4 aromatic rings. The molecule has 0 saturated heterocycles. The monoisotopic (exact) mass is 627 g/mol. The minimum absolute atomic E-state index is 0.0274. The first-order valence-electron chi connectivity index (χ1n) is 12.4. The minimum Gasteiger partial charge on any atom is -0.438 e. The molecule has 2 amide bonds. The Labute approximate surface area is 252 Å². The Morgan fingerprint density at radius 2 is 1.55 bits per heavy atom. The molecule has 12 heteroatoms. The van der Waals surface area contributed by atoms with E-state index in [-0.39, 0.29) is 27.8 Å². The average molecular weight is 629 g/mol. The van der Waals surface area contributed by atoms with Gasteiger partial charge in [0.1, 0.15) is 22.4 Å². The van der Waals surface area contributed by atoms with E-state index >= 15 is 0 Å². The topological polar surface area (TPSA) is 114 Å². The first-order valence-corrected chi connectivity index (χ1v) is 14.7. The number of nitrogens with zero attached hydrogens (tertiary/aromatic N) is 1. The molecule has 0 aliphatic heterocycles. The van der Waals surface area contributed by atoms with E-state index in [9.17, 15) is 22.4 Å². The summed E-state index contributed by atoms with van der Waals surface area (Å²) in [7, 11) is -4.16. The lowest BCUT2D eigenvalue weighted by Crippen LogP contribution is -2.34.